The van der Waals surface area contributed by atoms with Crippen molar-refractivity contribution in [3.8, 4) is 0 Å². The van der Waals surface area contributed by atoms with E-state index >= 15 is 0 Å². The molecule has 4 nitrogen and oxygen atoms in total. The maximum Gasteiger partial charge on any atom is 0.243 e. The zero-order valence-corrected chi connectivity index (χ0v) is 11.3. The molecule has 1 fully saturated rings. The third kappa shape index (κ3) is 3.56. The summed E-state index contributed by atoms with van der Waals surface area (Å²) >= 11 is 0. The van der Waals surface area contributed by atoms with E-state index in [0.29, 0.717) is 18.8 Å². The number of hydrogen-bond donors (Lipinski definition) is 2. The molecule has 1 aromatic carbocycles. The van der Waals surface area contributed by atoms with E-state index in [4.69, 9.17) is 0 Å². The van der Waals surface area contributed by atoms with Gasteiger partial charge < -0.3 is 10.6 Å². The number of nitrogens with one attached hydrogen (secondary N) is 2. The highest BCUT2D eigenvalue weighted by molar-refractivity contribution is 5.97. The second kappa shape index (κ2) is 5.87. The predicted octanol–water partition coefficient (Wildman–Crippen LogP) is 1.26. The minimum atomic E-state index is -0.460. The summed E-state index contributed by atoms with van der Waals surface area (Å²) in [5, 5.41) is 5.64. The fourth-order valence-electron chi connectivity index (χ4n) is 2.31. The van der Waals surface area contributed by atoms with Crippen LogP contribution in [0.4, 0.5) is 0 Å². The van der Waals surface area contributed by atoms with E-state index in [-0.39, 0.29) is 17.9 Å². The lowest BCUT2D eigenvalue weighted by molar-refractivity contribution is -0.137. The highest BCUT2D eigenvalue weighted by Gasteiger charge is 2.33. The highest BCUT2D eigenvalue weighted by atomic mass is 16.2. The maximum atomic E-state index is 12.0. The topological polar surface area (TPSA) is 58.2 Å². The molecular formula is C15H20N2O2. The van der Waals surface area contributed by atoms with Gasteiger partial charge in [-0.15, -0.1) is 0 Å². The van der Waals surface area contributed by atoms with Crippen LogP contribution in [0.1, 0.15) is 25.8 Å². The number of carbonyl (C=O) groups is 2. The van der Waals surface area contributed by atoms with Crippen molar-refractivity contribution < 1.29 is 9.59 Å². The Morgan fingerprint density at radius 3 is 2.21 bits per heavy atom. The molecule has 0 spiro atoms. The van der Waals surface area contributed by atoms with Gasteiger partial charge in [-0.3, -0.25) is 9.59 Å². The summed E-state index contributed by atoms with van der Waals surface area (Å²) in [6.07, 6.45) is 1.21. The molecule has 1 aliphatic rings. The van der Waals surface area contributed by atoms with Crippen molar-refractivity contribution >= 4 is 11.8 Å². The zero-order valence-electron chi connectivity index (χ0n) is 11.3. The molecule has 102 valence electrons. The molecular weight excluding hydrogens is 240 g/mol. The van der Waals surface area contributed by atoms with Gasteiger partial charge in [0, 0.05) is 6.42 Å². The fourth-order valence-corrected chi connectivity index (χ4v) is 2.31. The van der Waals surface area contributed by atoms with Gasteiger partial charge in [0.2, 0.25) is 11.8 Å². The Morgan fingerprint density at radius 1 is 1.00 bits per heavy atom. The third-order valence-corrected chi connectivity index (χ3v) is 3.26. The van der Waals surface area contributed by atoms with Gasteiger partial charge in [0.25, 0.3) is 0 Å². The van der Waals surface area contributed by atoms with Crippen LogP contribution in [0.2, 0.25) is 0 Å². The summed E-state index contributed by atoms with van der Waals surface area (Å²) in [5.41, 5.74) is 1.05. The molecule has 2 amide bonds. The number of piperazine rings is 1. The molecule has 0 aromatic heterocycles. The first-order valence-corrected chi connectivity index (χ1v) is 6.71. The summed E-state index contributed by atoms with van der Waals surface area (Å²) in [4.78, 5) is 24.0. The first kappa shape index (κ1) is 13.6. The lowest BCUT2D eigenvalue weighted by Gasteiger charge is -2.30. The van der Waals surface area contributed by atoms with Gasteiger partial charge in [0.1, 0.15) is 12.1 Å². The average Bonchev–Trinajstić information content (AvgIpc) is 2.36. The summed E-state index contributed by atoms with van der Waals surface area (Å²) < 4.78 is 0. The average molecular weight is 260 g/mol. The van der Waals surface area contributed by atoms with Gasteiger partial charge in [-0.2, -0.15) is 0 Å². The van der Waals surface area contributed by atoms with Gasteiger partial charge in [0.15, 0.2) is 0 Å². The van der Waals surface area contributed by atoms with E-state index in [1.165, 1.54) is 0 Å². The third-order valence-electron chi connectivity index (χ3n) is 3.26. The van der Waals surface area contributed by atoms with E-state index in [1.54, 1.807) is 0 Å². The van der Waals surface area contributed by atoms with Gasteiger partial charge >= 0.3 is 0 Å². The second-order valence-electron chi connectivity index (χ2n) is 5.44. The van der Waals surface area contributed by atoms with E-state index in [0.717, 1.165) is 5.56 Å². The molecule has 0 aliphatic carbocycles. The number of amides is 2. The van der Waals surface area contributed by atoms with Crippen molar-refractivity contribution in [3.63, 3.8) is 0 Å². The summed E-state index contributed by atoms with van der Waals surface area (Å²) in [6.45, 7) is 4.07. The normalized spacial score (nSPS) is 23.1. The molecule has 1 aromatic rings. The molecule has 2 atom stereocenters. The molecule has 0 radical (unpaired) electrons. The first-order chi connectivity index (χ1) is 9.06. The Bertz CT molecular complexity index is 456. The lowest BCUT2D eigenvalue weighted by Crippen LogP contribution is -2.62. The van der Waals surface area contributed by atoms with Gasteiger partial charge in [-0.05, 0) is 17.9 Å². The standard InChI is InChI=1S/C15H20N2O2/c1-10(2)8-12-14(18)17-13(15(19)16-12)9-11-6-4-3-5-7-11/h3-7,10,12-13H,8-9H2,1-2H3,(H,16,19)(H,17,18)/t12-,13-/m1/s1. The molecule has 1 heterocycles. The van der Waals surface area contributed by atoms with Gasteiger partial charge in [0.05, 0.1) is 0 Å². The van der Waals surface area contributed by atoms with Crippen molar-refractivity contribution in [2.24, 2.45) is 5.92 Å². The quantitative estimate of drug-likeness (QED) is 0.856. The Kier molecular flexibility index (Phi) is 4.20. The Balaban J connectivity index is 1.99. The SMILES string of the molecule is CC(C)C[C@H]1NC(=O)[C@@H](Cc2ccccc2)NC1=O. The Morgan fingerprint density at radius 2 is 1.58 bits per heavy atom. The van der Waals surface area contributed by atoms with Crippen molar-refractivity contribution in [1.82, 2.24) is 10.6 Å². The van der Waals surface area contributed by atoms with Crippen LogP contribution in [0.25, 0.3) is 0 Å². The molecule has 0 bridgehead atoms. The smallest absolute Gasteiger partial charge is 0.243 e. The van der Waals surface area contributed by atoms with E-state index in [2.05, 4.69) is 10.6 Å². The van der Waals surface area contributed by atoms with Gasteiger partial charge in [-0.1, -0.05) is 44.2 Å². The van der Waals surface area contributed by atoms with Crippen molar-refractivity contribution in [1.29, 1.82) is 0 Å². The number of rotatable bonds is 4. The highest BCUT2D eigenvalue weighted by Crippen LogP contribution is 2.11. The van der Waals surface area contributed by atoms with Crippen LogP contribution in [-0.4, -0.2) is 23.9 Å². The minimum absolute atomic E-state index is 0.0748. The molecule has 0 saturated carbocycles. The van der Waals surface area contributed by atoms with Gasteiger partial charge in [-0.25, -0.2) is 0 Å². The van der Waals surface area contributed by atoms with Crippen LogP contribution in [0.5, 0.6) is 0 Å². The van der Waals surface area contributed by atoms with E-state index in [1.807, 2.05) is 44.2 Å². The summed E-state index contributed by atoms with van der Waals surface area (Å²) in [7, 11) is 0. The molecule has 1 aliphatic heterocycles. The van der Waals surface area contributed by atoms with E-state index in [9.17, 15) is 9.59 Å². The second-order valence-corrected chi connectivity index (χ2v) is 5.44. The van der Waals surface area contributed by atoms with E-state index < -0.39 is 6.04 Å². The van der Waals surface area contributed by atoms with Crippen LogP contribution < -0.4 is 10.6 Å². The fraction of sp³-hybridized carbons (Fsp3) is 0.467. The molecule has 2 rings (SSSR count). The predicted molar refractivity (Wildman–Crippen MR) is 73.5 cm³/mol. The minimum Gasteiger partial charge on any atom is -0.343 e. The summed E-state index contributed by atoms with van der Waals surface area (Å²) in [5.74, 6) is 0.213. The van der Waals surface area contributed by atoms with Crippen molar-refractivity contribution in [2.75, 3.05) is 0 Å². The zero-order chi connectivity index (χ0) is 13.8. The molecule has 19 heavy (non-hydrogen) atoms. The maximum absolute atomic E-state index is 12.0. The Labute approximate surface area is 113 Å². The van der Waals surface area contributed by atoms with Crippen LogP contribution in [0, 0.1) is 5.92 Å². The molecule has 0 unspecified atom stereocenters. The Hall–Kier alpha value is -1.84. The largest absolute Gasteiger partial charge is 0.343 e. The van der Waals surface area contributed by atoms with Crippen LogP contribution in [0.3, 0.4) is 0 Å². The number of carbonyl (C=O) groups excluding carboxylic acids is 2. The van der Waals surface area contributed by atoms with Crippen molar-refractivity contribution in [3.05, 3.63) is 35.9 Å². The van der Waals surface area contributed by atoms with Crippen LogP contribution in [-0.2, 0) is 16.0 Å². The molecule has 1 saturated heterocycles. The first-order valence-electron chi connectivity index (χ1n) is 6.71. The monoisotopic (exact) mass is 260 g/mol. The van der Waals surface area contributed by atoms with Crippen molar-refractivity contribution in [2.45, 2.75) is 38.8 Å². The molecule has 4 heteroatoms. The lowest BCUT2D eigenvalue weighted by atomic mass is 9.97. The number of benzene rings is 1. The summed E-state index contributed by atoms with van der Waals surface area (Å²) in [6, 6.07) is 8.86. The van der Waals surface area contributed by atoms with Crippen LogP contribution >= 0.6 is 0 Å². The molecule has 2 N–H and O–H groups in total. The van der Waals surface area contributed by atoms with Crippen LogP contribution in [0.15, 0.2) is 30.3 Å². The number of hydrogen-bond acceptors (Lipinski definition) is 2.